The summed E-state index contributed by atoms with van der Waals surface area (Å²) in [7, 11) is 4.10. The van der Waals surface area contributed by atoms with Crippen molar-refractivity contribution in [3.05, 3.63) is 46.4 Å². The van der Waals surface area contributed by atoms with Crippen molar-refractivity contribution in [2.75, 3.05) is 27.2 Å². The summed E-state index contributed by atoms with van der Waals surface area (Å²) in [4.78, 5) is 21.3. The molecule has 0 radical (unpaired) electrons. The third-order valence-electron chi connectivity index (χ3n) is 4.44. The van der Waals surface area contributed by atoms with Gasteiger partial charge in [0.05, 0.1) is 12.1 Å². The first-order valence-electron chi connectivity index (χ1n) is 8.04. The molecule has 3 rings (SSSR count). The highest BCUT2D eigenvalue weighted by atomic mass is 32.1. The lowest BCUT2D eigenvalue weighted by Gasteiger charge is -2.28. The van der Waals surface area contributed by atoms with Crippen molar-refractivity contribution in [2.45, 2.75) is 24.9 Å². The second-order valence-electron chi connectivity index (χ2n) is 6.16. The lowest BCUT2D eigenvalue weighted by Crippen LogP contribution is -2.42. The van der Waals surface area contributed by atoms with Gasteiger partial charge in [-0.25, -0.2) is 4.79 Å². The number of carbonyl (C=O) groups excluding carboxylic acids is 1. The second-order valence-corrected chi connectivity index (χ2v) is 7.14. The largest absolute Gasteiger partial charge is 0.363 e. The Morgan fingerprint density at radius 3 is 3.00 bits per heavy atom. The van der Waals surface area contributed by atoms with Gasteiger partial charge in [0, 0.05) is 29.9 Å². The summed E-state index contributed by atoms with van der Waals surface area (Å²) in [5.41, 5.74) is 1.13. The van der Waals surface area contributed by atoms with Crippen molar-refractivity contribution in [3.8, 4) is 0 Å². The molecule has 1 saturated heterocycles. The molecule has 0 bridgehead atoms. The van der Waals surface area contributed by atoms with Crippen LogP contribution >= 0.6 is 11.3 Å². The Morgan fingerprint density at radius 1 is 1.48 bits per heavy atom. The molecule has 0 unspecified atom stereocenters. The minimum absolute atomic E-state index is 0.0329. The number of likely N-dealkylation sites (N-methyl/N-ethyl adjacent to an activating group) is 1. The Labute approximate surface area is 141 Å². The van der Waals surface area contributed by atoms with Gasteiger partial charge in [-0.05, 0) is 50.5 Å². The molecule has 1 aliphatic heterocycles. The Bertz CT molecular complexity index is 609. The van der Waals surface area contributed by atoms with Crippen molar-refractivity contribution in [1.29, 1.82) is 0 Å². The van der Waals surface area contributed by atoms with E-state index in [-0.39, 0.29) is 18.1 Å². The summed E-state index contributed by atoms with van der Waals surface area (Å²) in [5, 5.41) is 5.20. The molecule has 1 aliphatic rings. The molecule has 2 aromatic heterocycles. The average Bonchev–Trinajstić information content (AvgIpc) is 3.27. The maximum Gasteiger partial charge on any atom is 0.318 e. The first-order chi connectivity index (χ1) is 11.2. The maximum atomic E-state index is 12.6. The summed E-state index contributed by atoms with van der Waals surface area (Å²) in [6.45, 7) is 1.45. The zero-order chi connectivity index (χ0) is 16.2. The van der Waals surface area contributed by atoms with Crippen LogP contribution in [0, 0.1) is 0 Å². The fourth-order valence-corrected chi connectivity index (χ4v) is 4.11. The van der Waals surface area contributed by atoms with E-state index >= 15 is 0 Å². The van der Waals surface area contributed by atoms with E-state index in [0.717, 1.165) is 25.1 Å². The summed E-state index contributed by atoms with van der Waals surface area (Å²) >= 11 is 1.73. The molecular formula is C17H24N4OS. The van der Waals surface area contributed by atoms with E-state index in [0.29, 0.717) is 6.54 Å². The van der Waals surface area contributed by atoms with E-state index in [9.17, 15) is 4.79 Å². The molecule has 23 heavy (non-hydrogen) atoms. The number of hydrogen-bond acceptors (Lipinski definition) is 3. The average molecular weight is 332 g/mol. The first-order valence-corrected chi connectivity index (χ1v) is 8.92. The first kappa shape index (κ1) is 16.1. The molecule has 2 aromatic rings. The molecule has 6 heteroatoms. The highest BCUT2D eigenvalue weighted by Crippen LogP contribution is 2.31. The summed E-state index contributed by atoms with van der Waals surface area (Å²) in [6.07, 6.45) is 4.00. The number of hydrogen-bond donors (Lipinski definition) is 2. The Kier molecular flexibility index (Phi) is 5.03. The van der Waals surface area contributed by atoms with Gasteiger partial charge in [0.15, 0.2) is 0 Å². The lowest BCUT2D eigenvalue weighted by atomic mass is 10.1. The monoisotopic (exact) mass is 332 g/mol. The number of aromatic amines is 1. The van der Waals surface area contributed by atoms with Gasteiger partial charge in [0.2, 0.25) is 0 Å². The van der Waals surface area contributed by atoms with Crippen LogP contribution in [0.2, 0.25) is 0 Å². The fraction of sp³-hybridized carbons (Fsp3) is 0.471. The van der Waals surface area contributed by atoms with Crippen molar-refractivity contribution in [3.63, 3.8) is 0 Å². The second kappa shape index (κ2) is 7.19. The predicted molar refractivity (Wildman–Crippen MR) is 93.6 cm³/mol. The van der Waals surface area contributed by atoms with Crippen molar-refractivity contribution in [1.82, 2.24) is 20.1 Å². The number of amides is 2. The molecule has 0 saturated carbocycles. The fourth-order valence-electron chi connectivity index (χ4n) is 3.19. The van der Waals surface area contributed by atoms with Crippen LogP contribution in [0.25, 0.3) is 0 Å². The SMILES string of the molecule is CN(C)[C@@H](CNC(=O)N1CCC[C@H]1c1ccc[nH]1)c1cccs1. The van der Waals surface area contributed by atoms with Crippen LogP contribution in [-0.2, 0) is 0 Å². The highest BCUT2D eigenvalue weighted by molar-refractivity contribution is 7.10. The summed E-state index contributed by atoms with van der Waals surface area (Å²) < 4.78 is 0. The molecule has 2 atom stereocenters. The van der Waals surface area contributed by atoms with E-state index in [1.54, 1.807) is 11.3 Å². The van der Waals surface area contributed by atoms with Gasteiger partial charge >= 0.3 is 6.03 Å². The van der Waals surface area contributed by atoms with E-state index in [1.165, 1.54) is 4.88 Å². The molecule has 0 spiro atoms. The molecule has 1 fully saturated rings. The predicted octanol–water partition coefficient (Wildman–Crippen LogP) is 3.23. The third-order valence-corrected chi connectivity index (χ3v) is 5.41. The van der Waals surface area contributed by atoms with E-state index in [1.807, 2.05) is 31.3 Å². The molecule has 2 amide bonds. The number of urea groups is 1. The van der Waals surface area contributed by atoms with Crippen molar-refractivity contribution >= 4 is 17.4 Å². The van der Waals surface area contributed by atoms with Gasteiger partial charge in [0.25, 0.3) is 0 Å². The van der Waals surface area contributed by atoms with Gasteiger partial charge in [-0.3, -0.25) is 0 Å². The normalized spacial score (nSPS) is 19.3. The number of nitrogens with zero attached hydrogens (tertiary/aromatic N) is 2. The highest BCUT2D eigenvalue weighted by Gasteiger charge is 2.31. The number of rotatable bonds is 5. The molecule has 5 nitrogen and oxygen atoms in total. The number of H-pyrrole nitrogens is 1. The minimum Gasteiger partial charge on any atom is -0.363 e. The third kappa shape index (κ3) is 3.59. The summed E-state index contributed by atoms with van der Waals surface area (Å²) in [5.74, 6) is 0. The van der Waals surface area contributed by atoms with Crippen LogP contribution in [0.5, 0.6) is 0 Å². The minimum atomic E-state index is 0.0329. The standard InChI is InChI=1S/C17H24N4OS/c1-20(2)15(16-8-5-11-23-16)12-19-17(22)21-10-4-7-14(21)13-6-3-9-18-13/h3,5-6,8-9,11,14-15,18H,4,7,10,12H2,1-2H3,(H,19,22)/t14-,15-/m0/s1. The number of carbonyl (C=O) groups is 1. The van der Waals surface area contributed by atoms with E-state index in [2.05, 4.69) is 38.8 Å². The van der Waals surface area contributed by atoms with Gasteiger partial charge in [-0.2, -0.15) is 0 Å². The molecule has 2 N–H and O–H groups in total. The molecule has 124 valence electrons. The topological polar surface area (TPSA) is 51.4 Å². The van der Waals surface area contributed by atoms with Gasteiger partial charge < -0.3 is 20.1 Å². The molecule has 0 aliphatic carbocycles. The van der Waals surface area contributed by atoms with Crippen LogP contribution in [0.4, 0.5) is 4.79 Å². The van der Waals surface area contributed by atoms with Gasteiger partial charge in [-0.15, -0.1) is 11.3 Å². The Morgan fingerprint density at radius 2 is 2.35 bits per heavy atom. The molecule has 0 aromatic carbocycles. The van der Waals surface area contributed by atoms with E-state index in [4.69, 9.17) is 0 Å². The Balaban J connectivity index is 1.62. The number of aromatic nitrogens is 1. The summed E-state index contributed by atoms with van der Waals surface area (Å²) in [6, 6.07) is 8.65. The number of thiophene rings is 1. The zero-order valence-corrected chi connectivity index (χ0v) is 14.5. The smallest absolute Gasteiger partial charge is 0.318 e. The number of likely N-dealkylation sites (tertiary alicyclic amines) is 1. The lowest BCUT2D eigenvalue weighted by molar-refractivity contribution is 0.187. The van der Waals surface area contributed by atoms with Gasteiger partial charge in [0.1, 0.15) is 0 Å². The van der Waals surface area contributed by atoms with Crippen LogP contribution in [0.1, 0.15) is 35.5 Å². The maximum absolute atomic E-state index is 12.6. The van der Waals surface area contributed by atoms with Crippen LogP contribution in [0.15, 0.2) is 35.8 Å². The van der Waals surface area contributed by atoms with E-state index < -0.39 is 0 Å². The quantitative estimate of drug-likeness (QED) is 0.883. The van der Waals surface area contributed by atoms with Crippen LogP contribution in [-0.4, -0.2) is 48.0 Å². The Hall–Kier alpha value is -1.79. The zero-order valence-electron chi connectivity index (χ0n) is 13.7. The van der Waals surface area contributed by atoms with Gasteiger partial charge in [-0.1, -0.05) is 6.07 Å². The van der Waals surface area contributed by atoms with Crippen molar-refractivity contribution in [2.24, 2.45) is 0 Å². The number of nitrogens with one attached hydrogen (secondary N) is 2. The molecule has 3 heterocycles. The van der Waals surface area contributed by atoms with Crippen LogP contribution in [0.3, 0.4) is 0 Å². The van der Waals surface area contributed by atoms with Crippen LogP contribution < -0.4 is 5.32 Å². The van der Waals surface area contributed by atoms with Crippen molar-refractivity contribution < 1.29 is 4.79 Å². The molecular weight excluding hydrogens is 308 g/mol.